The maximum absolute atomic E-state index is 12.0. The standard InChI is InChI=1S/C16H27NO2/c18-16(13-6-1-2-7-13)19-12-14-8-5-11-17-10-4-3-9-15(14)17/h13-15H,1-12H2/t14-,15+/m0/s1. The molecule has 2 heterocycles. The van der Waals surface area contributed by atoms with Crippen LogP contribution in [0.5, 0.6) is 0 Å². The molecule has 0 amide bonds. The number of ether oxygens (including phenoxy) is 1. The fraction of sp³-hybridized carbons (Fsp3) is 0.938. The van der Waals surface area contributed by atoms with E-state index in [4.69, 9.17) is 4.74 Å². The first kappa shape index (κ1) is 13.4. The lowest BCUT2D eigenvalue weighted by Gasteiger charge is -2.44. The van der Waals surface area contributed by atoms with Gasteiger partial charge in [0.25, 0.3) is 0 Å². The molecule has 0 aromatic heterocycles. The molecule has 0 aromatic carbocycles. The van der Waals surface area contributed by atoms with Crippen molar-refractivity contribution in [3.05, 3.63) is 0 Å². The van der Waals surface area contributed by atoms with Gasteiger partial charge in [0.05, 0.1) is 12.5 Å². The van der Waals surface area contributed by atoms with Crippen LogP contribution >= 0.6 is 0 Å². The molecule has 3 fully saturated rings. The summed E-state index contributed by atoms with van der Waals surface area (Å²) in [6.07, 6.45) is 11.1. The molecule has 2 atom stereocenters. The highest BCUT2D eigenvalue weighted by atomic mass is 16.5. The van der Waals surface area contributed by atoms with Crippen molar-refractivity contribution in [3.63, 3.8) is 0 Å². The van der Waals surface area contributed by atoms with Crippen LogP contribution in [0.2, 0.25) is 0 Å². The van der Waals surface area contributed by atoms with Crippen LogP contribution in [0.4, 0.5) is 0 Å². The molecule has 2 aliphatic heterocycles. The highest BCUT2D eigenvalue weighted by Gasteiger charge is 2.34. The third kappa shape index (κ3) is 3.13. The number of nitrogens with zero attached hydrogens (tertiary/aromatic N) is 1. The average Bonchev–Trinajstić information content (AvgIpc) is 2.99. The van der Waals surface area contributed by atoms with Gasteiger partial charge in [0.2, 0.25) is 0 Å². The number of carbonyl (C=O) groups excluding carboxylic acids is 1. The van der Waals surface area contributed by atoms with Crippen molar-refractivity contribution in [1.82, 2.24) is 4.90 Å². The summed E-state index contributed by atoms with van der Waals surface area (Å²) in [5, 5.41) is 0. The molecule has 3 nitrogen and oxygen atoms in total. The Morgan fingerprint density at radius 1 is 0.947 bits per heavy atom. The normalized spacial score (nSPS) is 33.1. The third-order valence-corrected chi connectivity index (χ3v) is 5.36. The van der Waals surface area contributed by atoms with Crippen molar-refractivity contribution < 1.29 is 9.53 Å². The molecule has 1 saturated carbocycles. The van der Waals surface area contributed by atoms with Crippen LogP contribution in [0.15, 0.2) is 0 Å². The van der Waals surface area contributed by atoms with Crippen molar-refractivity contribution in [2.45, 2.75) is 63.8 Å². The average molecular weight is 265 g/mol. The van der Waals surface area contributed by atoms with Crippen molar-refractivity contribution in [2.75, 3.05) is 19.7 Å². The van der Waals surface area contributed by atoms with Gasteiger partial charge in [-0.2, -0.15) is 0 Å². The van der Waals surface area contributed by atoms with Crippen LogP contribution in [0, 0.1) is 11.8 Å². The fourth-order valence-electron chi connectivity index (χ4n) is 4.24. The first-order valence-corrected chi connectivity index (χ1v) is 8.25. The minimum atomic E-state index is 0.0884. The van der Waals surface area contributed by atoms with Crippen LogP contribution in [0.3, 0.4) is 0 Å². The molecule has 3 aliphatic rings. The fourth-order valence-corrected chi connectivity index (χ4v) is 4.24. The molecular weight excluding hydrogens is 238 g/mol. The summed E-state index contributed by atoms with van der Waals surface area (Å²) in [5.41, 5.74) is 0. The largest absolute Gasteiger partial charge is 0.465 e. The Kier molecular flexibility index (Phi) is 4.42. The van der Waals surface area contributed by atoms with E-state index in [0.29, 0.717) is 18.6 Å². The lowest BCUT2D eigenvalue weighted by molar-refractivity contribution is -0.151. The summed E-state index contributed by atoms with van der Waals surface area (Å²) in [6, 6.07) is 0.693. The molecule has 0 radical (unpaired) electrons. The Bertz CT molecular complexity index is 310. The van der Waals surface area contributed by atoms with E-state index in [1.165, 1.54) is 58.0 Å². The second kappa shape index (κ2) is 6.25. The monoisotopic (exact) mass is 265 g/mol. The summed E-state index contributed by atoms with van der Waals surface area (Å²) in [4.78, 5) is 14.7. The summed E-state index contributed by atoms with van der Waals surface area (Å²) < 4.78 is 5.65. The highest BCUT2D eigenvalue weighted by molar-refractivity contribution is 5.72. The van der Waals surface area contributed by atoms with E-state index in [0.717, 1.165) is 12.8 Å². The van der Waals surface area contributed by atoms with Gasteiger partial charge in [0.1, 0.15) is 0 Å². The first-order valence-electron chi connectivity index (χ1n) is 8.25. The Hall–Kier alpha value is -0.570. The molecule has 2 saturated heterocycles. The number of carbonyl (C=O) groups is 1. The number of esters is 1. The summed E-state index contributed by atoms with van der Waals surface area (Å²) in [6.45, 7) is 3.20. The predicted octanol–water partition coefficient (Wildman–Crippen LogP) is 2.98. The van der Waals surface area contributed by atoms with Crippen LogP contribution in [-0.2, 0) is 9.53 Å². The van der Waals surface area contributed by atoms with E-state index in [-0.39, 0.29) is 11.9 Å². The summed E-state index contributed by atoms with van der Waals surface area (Å²) >= 11 is 0. The third-order valence-electron chi connectivity index (χ3n) is 5.36. The molecule has 0 unspecified atom stereocenters. The van der Waals surface area contributed by atoms with Crippen LogP contribution < -0.4 is 0 Å². The van der Waals surface area contributed by atoms with E-state index in [9.17, 15) is 4.79 Å². The Balaban J connectivity index is 1.49. The second-order valence-electron chi connectivity index (χ2n) is 6.61. The molecule has 0 aromatic rings. The van der Waals surface area contributed by atoms with Crippen molar-refractivity contribution in [3.8, 4) is 0 Å². The van der Waals surface area contributed by atoms with Crippen LogP contribution in [-0.4, -0.2) is 36.6 Å². The van der Waals surface area contributed by atoms with Crippen molar-refractivity contribution in [1.29, 1.82) is 0 Å². The highest BCUT2D eigenvalue weighted by Crippen LogP contribution is 2.32. The van der Waals surface area contributed by atoms with Gasteiger partial charge in [-0.1, -0.05) is 19.3 Å². The Labute approximate surface area is 116 Å². The predicted molar refractivity (Wildman–Crippen MR) is 74.9 cm³/mol. The molecule has 1 aliphatic carbocycles. The van der Waals surface area contributed by atoms with E-state index in [2.05, 4.69) is 4.90 Å². The number of hydrogen-bond donors (Lipinski definition) is 0. The molecule has 0 N–H and O–H groups in total. The molecule has 19 heavy (non-hydrogen) atoms. The number of rotatable bonds is 3. The van der Waals surface area contributed by atoms with Gasteiger partial charge in [-0.05, 0) is 51.6 Å². The zero-order valence-electron chi connectivity index (χ0n) is 12.0. The SMILES string of the molecule is O=C(OC[C@@H]1CCCN2CCCC[C@H]12)C1CCCC1. The van der Waals surface area contributed by atoms with E-state index >= 15 is 0 Å². The van der Waals surface area contributed by atoms with Gasteiger partial charge in [-0.3, -0.25) is 9.69 Å². The molecule has 0 bridgehead atoms. The quantitative estimate of drug-likeness (QED) is 0.735. The maximum Gasteiger partial charge on any atom is 0.308 e. The number of hydrogen-bond acceptors (Lipinski definition) is 3. The zero-order valence-corrected chi connectivity index (χ0v) is 12.0. The Morgan fingerprint density at radius 2 is 1.68 bits per heavy atom. The van der Waals surface area contributed by atoms with E-state index in [1.54, 1.807) is 0 Å². The van der Waals surface area contributed by atoms with Gasteiger partial charge in [0.15, 0.2) is 0 Å². The molecular formula is C16H27NO2. The smallest absolute Gasteiger partial charge is 0.308 e. The van der Waals surface area contributed by atoms with Gasteiger partial charge < -0.3 is 4.74 Å². The van der Waals surface area contributed by atoms with Gasteiger partial charge >= 0.3 is 5.97 Å². The van der Waals surface area contributed by atoms with Crippen LogP contribution in [0.1, 0.15) is 57.8 Å². The minimum absolute atomic E-state index is 0.0884. The summed E-state index contributed by atoms with van der Waals surface area (Å²) in [5.74, 6) is 0.899. The van der Waals surface area contributed by atoms with Gasteiger partial charge in [-0.15, -0.1) is 0 Å². The lowest BCUT2D eigenvalue weighted by Crippen LogP contribution is -2.49. The zero-order chi connectivity index (χ0) is 13.1. The van der Waals surface area contributed by atoms with Gasteiger partial charge in [0, 0.05) is 12.0 Å². The number of piperidine rings is 2. The topological polar surface area (TPSA) is 29.5 Å². The molecule has 0 spiro atoms. The first-order chi connectivity index (χ1) is 9.34. The van der Waals surface area contributed by atoms with Gasteiger partial charge in [-0.25, -0.2) is 0 Å². The van der Waals surface area contributed by atoms with Crippen LogP contribution in [0.25, 0.3) is 0 Å². The second-order valence-corrected chi connectivity index (χ2v) is 6.61. The molecule has 108 valence electrons. The molecule has 3 heteroatoms. The maximum atomic E-state index is 12.0. The van der Waals surface area contributed by atoms with E-state index < -0.39 is 0 Å². The number of fused-ring (bicyclic) bond motifs is 1. The molecule has 3 rings (SSSR count). The lowest BCUT2D eigenvalue weighted by atomic mass is 9.84. The van der Waals surface area contributed by atoms with E-state index in [1.807, 2.05) is 0 Å². The minimum Gasteiger partial charge on any atom is -0.465 e. The Morgan fingerprint density at radius 3 is 2.53 bits per heavy atom. The summed E-state index contributed by atoms with van der Waals surface area (Å²) in [7, 11) is 0. The van der Waals surface area contributed by atoms with Crippen molar-refractivity contribution >= 4 is 5.97 Å². The van der Waals surface area contributed by atoms with Crippen molar-refractivity contribution in [2.24, 2.45) is 11.8 Å².